The van der Waals surface area contributed by atoms with Crippen molar-refractivity contribution in [2.24, 2.45) is 0 Å². The number of carbonyl (C=O) groups is 1. The molecule has 0 aliphatic heterocycles. The predicted octanol–water partition coefficient (Wildman–Crippen LogP) is 9.93. The topological polar surface area (TPSA) is 26.3 Å². The van der Waals surface area contributed by atoms with Crippen LogP contribution < -0.4 is 0 Å². The Bertz CT molecular complexity index is 338. The van der Waals surface area contributed by atoms with Crippen LogP contribution in [0.25, 0.3) is 0 Å². The van der Waals surface area contributed by atoms with Gasteiger partial charge in [-0.3, -0.25) is 4.79 Å². The van der Waals surface area contributed by atoms with Crippen molar-refractivity contribution in [1.82, 2.24) is 0 Å². The first-order chi connectivity index (χ1) is 14.7. The Balaban J connectivity index is 3.06. The van der Waals surface area contributed by atoms with Crippen molar-refractivity contribution in [2.75, 3.05) is 0 Å². The van der Waals surface area contributed by atoms with E-state index in [2.05, 4.69) is 6.92 Å². The zero-order valence-corrected chi connectivity index (χ0v) is 21.2. The van der Waals surface area contributed by atoms with Gasteiger partial charge in [0.1, 0.15) is 0 Å². The largest absolute Gasteiger partial charge is 0.463 e. The van der Waals surface area contributed by atoms with Crippen molar-refractivity contribution in [2.45, 2.75) is 175 Å². The molecule has 0 saturated heterocycles. The first-order valence-electron chi connectivity index (χ1n) is 13.9. The Morgan fingerprint density at radius 2 is 0.767 bits per heavy atom. The number of hydrogen-bond acceptors (Lipinski definition) is 2. The summed E-state index contributed by atoms with van der Waals surface area (Å²) in [7, 11) is 0. The molecule has 2 nitrogen and oxygen atoms in total. The molecule has 0 fully saturated rings. The summed E-state index contributed by atoms with van der Waals surface area (Å²) in [5.74, 6) is -0.0295. The third-order valence-electron chi connectivity index (χ3n) is 6.10. The SMILES string of the molecule is CCCCCCCCCCCCCCCCCCCCCCCCC(=O)OC(C)C. The minimum atomic E-state index is -0.0295. The number of ether oxygens (including phenoxy) is 1. The summed E-state index contributed by atoms with van der Waals surface area (Å²) in [4.78, 5) is 11.4. The van der Waals surface area contributed by atoms with E-state index in [0.717, 1.165) is 6.42 Å². The fraction of sp³-hybridized carbons (Fsp3) is 0.964. The normalized spacial score (nSPS) is 11.3. The van der Waals surface area contributed by atoms with E-state index in [1.54, 1.807) is 0 Å². The third kappa shape index (κ3) is 25.5. The molecule has 0 saturated carbocycles. The maximum Gasteiger partial charge on any atom is 0.306 e. The highest BCUT2D eigenvalue weighted by Gasteiger charge is 2.04. The van der Waals surface area contributed by atoms with Gasteiger partial charge in [-0.15, -0.1) is 0 Å². The molecule has 0 aromatic carbocycles. The van der Waals surface area contributed by atoms with Crippen LogP contribution in [0, 0.1) is 0 Å². The van der Waals surface area contributed by atoms with E-state index in [1.165, 1.54) is 135 Å². The van der Waals surface area contributed by atoms with Crippen molar-refractivity contribution in [1.29, 1.82) is 0 Å². The second-order valence-corrected chi connectivity index (χ2v) is 9.71. The van der Waals surface area contributed by atoms with Crippen molar-refractivity contribution in [3.63, 3.8) is 0 Å². The minimum absolute atomic E-state index is 0.0252. The monoisotopic (exact) mass is 424 g/mol. The van der Waals surface area contributed by atoms with Crippen molar-refractivity contribution in [3.05, 3.63) is 0 Å². The van der Waals surface area contributed by atoms with E-state index in [1.807, 2.05) is 13.8 Å². The van der Waals surface area contributed by atoms with Gasteiger partial charge in [-0.1, -0.05) is 142 Å². The van der Waals surface area contributed by atoms with Gasteiger partial charge in [-0.25, -0.2) is 0 Å². The lowest BCUT2D eigenvalue weighted by molar-refractivity contribution is -0.147. The van der Waals surface area contributed by atoms with Crippen LogP contribution in [-0.2, 0) is 9.53 Å². The lowest BCUT2D eigenvalue weighted by Crippen LogP contribution is -2.10. The third-order valence-corrected chi connectivity index (χ3v) is 6.10. The molecule has 0 aliphatic carbocycles. The minimum Gasteiger partial charge on any atom is -0.463 e. The van der Waals surface area contributed by atoms with Gasteiger partial charge < -0.3 is 4.74 Å². The molecule has 0 bridgehead atoms. The molecule has 0 radical (unpaired) electrons. The van der Waals surface area contributed by atoms with Gasteiger partial charge in [-0.2, -0.15) is 0 Å². The summed E-state index contributed by atoms with van der Waals surface area (Å²) in [5, 5.41) is 0. The number of unbranched alkanes of at least 4 members (excludes halogenated alkanes) is 21. The average Bonchev–Trinajstić information content (AvgIpc) is 2.71. The molecule has 0 atom stereocenters. The molecule has 0 aliphatic rings. The molecule has 0 unspecified atom stereocenters. The number of hydrogen-bond donors (Lipinski definition) is 0. The smallest absolute Gasteiger partial charge is 0.306 e. The number of rotatable bonds is 24. The summed E-state index contributed by atoms with van der Waals surface area (Å²) >= 11 is 0. The first kappa shape index (κ1) is 29.5. The Morgan fingerprint density at radius 3 is 1.03 bits per heavy atom. The fourth-order valence-electron chi connectivity index (χ4n) is 4.20. The maximum absolute atomic E-state index is 11.4. The van der Waals surface area contributed by atoms with Crippen LogP contribution in [0.4, 0.5) is 0 Å². The van der Waals surface area contributed by atoms with Gasteiger partial charge in [0.25, 0.3) is 0 Å². The molecule has 0 rings (SSSR count). The van der Waals surface area contributed by atoms with E-state index in [0.29, 0.717) is 6.42 Å². The van der Waals surface area contributed by atoms with Gasteiger partial charge in [0.05, 0.1) is 6.10 Å². The lowest BCUT2D eigenvalue weighted by Gasteiger charge is -2.07. The van der Waals surface area contributed by atoms with Crippen molar-refractivity contribution < 1.29 is 9.53 Å². The first-order valence-corrected chi connectivity index (χ1v) is 13.9. The molecule has 180 valence electrons. The highest BCUT2D eigenvalue weighted by molar-refractivity contribution is 5.69. The van der Waals surface area contributed by atoms with E-state index in [4.69, 9.17) is 4.74 Å². The summed E-state index contributed by atoms with van der Waals surface area (Å²) in [5.41, 5.74) is 0. The van der Waals surface area contributed by atoms with Gasteiger partial charge in [0, 0.05) is 6.42 Å². The zero-order chi connectivity index (χ0) is 22.1. The standard InChI is InChI=1S/C28H56O2/c1-4-5-6-7-8-9-10-11-12-13-14-15-16-17-18-19-20-21-22-23-24-25-26-28(29)30-27(2)3/h27H,4-26H2,1-3H3. The Hall–Kier alpha value is -0.530. The summed E-state index contributed by atoms with van der Waals surface area (Å²) < 4.78 is 5.16. The van der Waals surface area contributed by atoms with E-state index < -0.39 is 0 Å². The predicted molar refractivity (Wildman–Crippen MR) is 133 cm³/mol. The lowest BCUT2D eigenvalue weighted by atomic mass is 10.0. The van der Waals surface area contributed by atoms with Crippen LogP contribution >= 0.6 is 0 Å². The van der Waals surface area contributed by atoms with E-state index in [-0.39, 0.29) is 12.1 Å². The highest BCUT2D eigenvalue weighted by Crippen LogP contribution is 2.15. The molecule has 0 N–H and O–H groups in total. The van der Waals surface area contributed by atoms with Crippen molar-refractivity contribution >= 4 is 5.97 Å². The number of carbonyl (C=O) groups excluding carboxylic acids is 1. The second-order valence-electron chi connectivity index (χ2n) is 9.71. The van der Waals surface area contributed by atoms with Crippen LogP contribution in [0.2, 0.25) is 0 Å². The van der Waals surface area contributed by atoms with Crippen LogP contribution in [0.3, 0.4) is 0 Å². The quantitative estimate of drug-likeness (QED) is 0.114. The van der Waals surface area contributed by atoms with Gasteiger partial charge >= 0.3 is 5.97 Å². The number of esters is 1. The maximum atomic E-state index is 11.4. The van der Waals surface area contributed by atoms with Crippen molar-refractivity contribution in [3.8, 4) is 0 Å². The molecule has 0 amide bonds. The van der Waals surface area contributed by atoms with Crippen LogP contribution in [0.5, 0.6) is 0 Å². The Kier molecular flexibility index (Phi) is 24.3. The summed E-state index contributed by atoms with van der Waals surface area (Å²) in [6.07, 6.45) is 31.3. The Morgan fingerprint density at radius 1 is 0.500 bits per heavy atom. The molecule has 30 heavy (non-hydrogen) atoms. The molecule has 2 heteroatoms. The summed E-state index contributed by atoms with van der Waals surface area (Å²) in [6, 6.07) is 0. The highest BCUT2D eigenvalue weighted by atomic mass is 16.5. The van der Waals surface area contributed by atoms with Crippen LogP contribution in [0.1, 0.15) is 168 Å². The van der Waals surface area contributed by atoms with Gasteiger partial charge in [0.2, 0.25) is 0 Å². The van der Waals surface area contributed by atoms with Gasteiger partial charge in [-0.05, 0) is 20.3 Å². The molecular formula is C28H56O2. The van der Waals surface area contributed by atoms with E-state index >= 15 is 0 Å². The van der Waals surface area contributed by atoms with Gasteiger partial charge in [0.15, 0.2) is 0 Å². The van der Waals surface area contributed by atoms with E-state index in [9.17, 15) is 4.79 Å². The average molecular weight is 425 g/mol. The van der Waals surface area contributed by atoms with Crippen LogP contribution in [-0.4, -0.2) is 12.1 Å². The Labute approximate surface area is 190 Å². The van der Waals surface area contributed by atoms with Crippen LogP contribution in [0.15, 0.2) is 0 Å². The zero-order valence-electron chi connectivity index (χ0n) is 21.2. The molecule has 0 spiro atoms. The molecule has 0 heterocycles. The second kappa shape index (κ2) is 24.7. The fourth-order valence-corrected chi connectivity index (χ4v) is 4.20. The molecule has 0 aromatic heterocycles. The molecule has 0 aromatic rings. The summed E-state index contributed by atoms with van der Waals surface area (Å²) in [6.45, 7) is 6.12. The molecular weight excluding hydrogens is 368 g/mol.